The van der Waals surface area contributed by atoms with Crippen LogP contribution < -0.4 is 0 Å². The first-order chi connectivity index (χ1) is 8.34. The van der Waals surface area contributed by atoms with Gasteiger partial charge in [0.15, 0.2) is 0 Å². The maximum atomic E-state index is 12.4. The summed E-state index contributed by atoms with van der Waals surface area (Å²) in [5.74, 6) is 0.709. The zero-order chi connectivity index (χ0) is 11.7. The minimum absolute atomic E-state index is 0.309. The van der Waals surface area contributed by atoms with Gasteiger partial charge in [-0.25, -0.2) is 0 Å². The van der Waals surface area contributed by atoms with Crippen LogP contribution in [0.15, 0.2) is 12.3 Å². The van der Waals surface area contributed by atoms with Crippen molar-refractivity contribution in [3.8, 4) is 0 Å². The maximum Gasteiger partial charge on any atom is 0.225 e. The average Bonchev–Trinajstić information content (AvgIpc) is 2.86. The highest BCUT2D eigenvalue weighted by Crippen LogP contribution is 2.27. The van der Waals surface area contributed by atoms with Crippen LogP contribution in [0.2, 0.25) is 0 Å². The molecule has 3 nitrogen and oxygen atoms in total. The Morgan fingerprint density at radius 3 is 2.94 bits per heavy atom. The number of aromatic nitrogens is 1. The van der Waals surface area contributed by atoms with Gasteiger partial charge in [-0.3, -0.25) is 4.79 Å². The Morgan fingerprint density at radius 2 is 2.12 bits per heavy atom. The number of carbonyl (C=O) groups is 1. The number of amides is 1. The maximum absolute atomic E-state index is 12.4. The van der Waals surface area contributed by atoms with E-state index in [-0.39, 0.29) is 0 Å². The molecule has 1 fully saturated rings. The molecule has 1 N–H and O–H groups in total. The van der Waals surface area contributed by atoms with E-state index in [4.69, 9.17) is 0 Å². The van der Waals surface area contributed by atoms with E-state index >= 15 is 0 Å². The van der Waals surface area contributed by atoms with Crippen molar-refractivity contribution in [2.75, 3.05) is 6.54 Å². The third-order valence-corrected chi connectivity index (χ3v) is 4.19. The van der Waals surface area contributed by atoms with Gasteiger partial charge in [0.1, 0.15) is 0 Å². The Bertz CT molecular complexity index is 404. The van der Waals surface area contributed by atoms with Crippen molar-refractivity contribution in [2.24, 2.45) is 5.92 Å². The molecule has 1 amide bonds. The van der Waals surface area contributed by atoms with E-state index in [2.05, 4.69) is 16.0 Å². The molecule has 1 aromatic rings. The number of hydrogen-bond acceptors (Lipinski definition) is 1. The fourth-order valence-corrected chi connectivity index (χ4v) is 3.14. The molecule has 3 heteroatoms. The molecule has 0 unspecified atom stereocenters. The van der Waals surface area contributed by atoms with Crippen LogP contribution >= 0.6 is 0 Å². The van der Waals surface area contributed by atoms with Gasteiger partial charge in [-0.2, -0.15) is 0 Å². The predicted octanol–water partition coefficient (Wildman–Crippen LogP) is 2.48. The van der Waals surface area contributed by atoms with Gasteiger partial charge in [0.25, 0.3) is 0 Å². The summed E-state index contributed by atoms with van der Waals surface area (Å²) in [5, 5.41) is 0. The Labute approximate surface area is 102 Å². The molecule has 1 aliphatic carbocycles. The van der Waals surface area contributed by atoms with Gasteiger partial charge in [0.2, 0.25) is 5.91 Å². The van der Waals surface area contributed by atoms with Crippen LogP contribution in [0.3, 0.4) is 0 Å². The lowest BCUT2D eigenvalue weighted by Gasteiger charge is -2.32. The van der Waals surface area contributed by atoms with Gasteiger partial charge >= 0.3 is 0 Å². The van der Waals surface area contributed by atoms with Crippen LogP contribution in [0.25, 0.3) is 0 Å². The lowest BCUT2D eigenvalue weighted by atomic mass is 9.88. The number of aromatic amines is 1. The molecule has 0 radical (unpaired) electrons. The van der Waals surface area contributed by atoms with E-state index in [9.17, 15) is 4.79 Å². The smallest absolute Gasteiger partial charge is 0.225 e. The monoisotopic (exact) mass is 232 g/mol. The number of nitrogens with one attached hydrogen (secondary N) is 1. The molecular weight excluding hydrogens is 212 g/mol. The molecule has 1 saturated carbocycles. The molecule has 17 heavy (non-hydrogen) atoms. The number of hydrogen-bond donors (Lipinski definition) is 1. The van der Waals surface area contributed by atoms with Gasteiger partial charge in [0, 0.05) is 37.3 Å². The van der Waals surface area contributed by atoms with Gasteiger partial charge in [0.05, 0.1) is 0 Å². The molecule has 92 valence electrons. The highest BCUT2D eigenvalue weighted by molar-refractivity contribution is 5.79. The Morgan fingerprint density at radius 1 is 1.29 bits per heavy atom. The summed E-state index contributed by atoms with van der Waals surface area (Å²) >= 11 is 0. The molecule has 1 aromatic heterocycles. The SMILES string of the molecule is O=C(C1CCCCC1)N1CCc2[nH]ccc2C1. The summed E-state index contributed by atoms with van der Waals surface area (Å²) in [6.07, 6.45) is 8.97. The third-order valence-electron chi connectivity index (χ3n) is 4.19. The first kappa shape index (κ1) is 10.9. The van der Waals surface area contributed by atoms with Gasteiger partial charge < -0.3 is 9.88 Å². The summed E-state index contributed by atoms with van der Waals surface area (Å²) < 4.78 is 0. The number of H-pyrrole nitrogens is 1. The average molecular weight is 232 g/mol. The summed E-state index contributed by atoms with van der Waals surface area (Å²) in [4.78, 5) is 17.7. The molecule has 3 rings (SSSR count). The largest absolute Gasteiger partial charge is 0.365 e. The standard InChI is InChI=1S/C14H20N2O/c17-14(11-4-2-1-3-5-11)16-9-7-13-12(10-16)6-8-15-13/h6,8,11,15H,1-5,7,9-10H2. The van der Waals surface area contributed by atoms with Crippen molar-refractivity contribution in [3.63, 3.8) is 0 Å². The molecular formula is C14H20N2O. The highest BCUT2D eigenvalue weighted by Gasteiger charge is 2.28. The van der Waals surface area contributed by atoms with Crippen LogP contribution in [-0.4, -0.2) is 22.3 Å². The van der Waals surface area contributed by atoms with E-state index in [0.717, 1.165) is 32.4 Å². The van der Waals surface area contributed by atoms with Crippen molar-refractivity contribution in [3.05, 3.63) is 23.5 Å². The van der Waals surface area contributed by atoms with Crippen LogP contribution in [0.1, 0.15) is 43.4 Å². The predicted molar refractivity (Wildman–Crippen MR) is 66.5 cm³/mol. The third kappa shape index (κ3) is 2.11. The normalized spacial score (nSPS) is 21.3. The first-order valence-electron chi connectivity index (χ1n) is 6.78. The quantitative estimate of drug-likeness (QED) is 0.793. The van der Waals surface area contributed by atoms with Gasteiger partial charge in [-0.05, 0) is 24.5 Å². The number of carbonyl (C=O) groups excluding carboxylic acids is 1. The van der Waals surface area contributed by atoms with Gasteiger partial charge in [-0.1, -0.05) is 19.3 Å². The van der Waals surface area contributed by atoms with Crippen LogP contribution in [0.4, 0.5) is 0 Å². The molecule has 0 bridgehead atoms. The van der Waals surface area contributed by atoms with Crippen molar-refractivity contribution in [1.29, 1.82) is 0 Å². The second-order valence-electron chi connectivity index (χ2n) is 5.33. The molecule has 1 aliphatic heterocycles. The second kappa shape index (κ2) is 4.55. The lowest BCUT2D eigenvalue weighted by molar-refractivity contribution is -0.137. The molecule has 0 atom stereocenters. The highest BCUT2D eigenvalue weighted by atomic mass is 16.2. The molecule has 2 aliphatic rings. The Kier molecular flexibility index (Phi) is 2.91. The molecule has 0 spiro atoms. The minimum Gasteiger partial charge on any atom is -0.365 e. The van der Waals surface area contributed by atoms with E-state index in [1.54, 1.807) is 0 Å². The fourth-order valence-electron chi connectivity index (χ4n) is 3.14. The van der Waals surface area contributed by atoms with E-state index in [1.807, 2.05) is 6.20 Å². The topological polar surface area (TPSA) is 36.1 Å². The Hall–Kier alpha value is -1.25. The summed E-state index contributed by atoms with van der Waals surface area (Å²) in [5.41, 5.74) is 2.62. The number of rotatable bonds is 1. The second-order valence-corrected chi connectivity index (χ2v) is 5.33. The van der Waals surface area contributed by atoms with E-state index < -0.39 is 0 Å². The van der Waals surface area contributed by atoms with Crippen molar-refractivity contribution in [2.45, 2.75) is 45.1 Å². The van der Waals surface area contributed by atoms with Crippen molar-refractivity contribution in [1.82, 2.24) is 9.88 Å². The lowest BCUT2D eigenvalue weighted by Crippen LogP contribution is -2.40. The minimum atomic E-state index is 0.309. The van der Waals surface area contributed by atoms with Gasteiger partial charge in [-0.15, -0.1) is 0 Å². The fraction of sp³-hybridized carbons (Fsp3) is 0.643. The van der Waals surface area contributed by atoms with Crippen LogP contribution in [-0.2, 0) is 17.8 Å². The summed E-state index contributed by atoms with van der Waals surface area (Å²) in [6.45, 7) is 1.71. The van der Waals surface area contributed by atoms with E-state index in [1.165, 1.54) is 30.5 Å². The Balaban J connectivity index is 1.67. The zero-order valence-electron chi connectivity index (χ0n) is 10.2. The zero-order valence-corrected chi connectivity index (χ0v) is 10.2. The molecule has 2 heterocycles. The summed E-state index contributed by atoms with van der Waals surface area (Å²) in [6, 6.07) is 2.11. The van der Waals surface area contributed by atoms with Crippen molar-refractivity contribution >= 4 is 5.91 Å². The number of fused-ring (bicyclic) bond motifs is 1. The first-order valence-corrected chi connectivity index (χ1v) is 6.78. The van der Waals surface area contributed by atoms with Crippen LogP contribution in [0, 0.1) is 5.92 Å². The summed E-state index contributed by atoms with van der Waals surface area (Å²) in [7, 11) is 0. The number of nitrogens with zero attached hydrogens (tertiary/aromatic N) is 1. The van der Waals surface area contributed by atoms with Crippen LogP contribution in [0.5, 0.6) is 0 Å². The molecule has 0 aromatic carbocycles. The molecule has 0 saturated heterocycles. The van der Waals surface area contributed by atoms with E-state index in [0.29, 0.717) is 11.8 Å². The van der Waals surface area contributed by atoms with Crippen molar-refractivity contribution < 1.29 is 4.79 Å².